The molecule has 0 amide bonds. The number of hydrogen-bond acceptors (Lipinski definition) is 3. The molecule has 0 atom stereocenters. The minimum Gasteiger partial charge on any atom is -0.352 e. The molecule has 0 fully saturated rings. The molecule has 126 valence electrons. The van der Waals surface area contributed by atoms with Crippen LogP contribution in [0, 0.1) is 0 Å². The first-order valence-electron chi connectivity index (χ1n) is 8.41. The molecule has 0 bridgehead atoms. The average molecular weight is 332 g/mol. The van der Waals surface area contributed by atoms with Gasteiger partial charge in [-0.15, -0.1) is 0 Å². The highest BCUT2D eigenvalue weighted by atomic mass is 16.1. The first-order chi connectivity index (χ1) is 12.2. The highest BCUT2D eigenvalue weighted by molar-refractivity contribution is 5.90. The fourth-order valence-corrected chi connectivity index (χ4v) is 3.42. The smallest absolute Gasteiger partial charge is 0.215 e. The molecule has 0 unspecified atom stereocenters. The van der Waals surface area contributed by atoms with Gasteiger partial charge in [0.25, 0.3) is 0 Å². The van der Waals surface area contributed by atoms with Gasteiger partial charge in [0.05, 0.1) is 11.7 Å². The van der Waals surface area contributed by atoms with E-state index in [1.165, 1.54) is 11.1 Å². The predicted octanol–water partition coefficient (Wildman–Crippen LogP) is 2.51. The van der Waals surface area contributed by atoms with Gasteiger partial charge in [0.15, 0.2) is 0 Å². The van der Waals surface area contributed by atoms with E-state index in [0.717, 1.165) is 29.4 Å². The molecule has 2 aromatic carbocycles. The van der Waals surface area contributed by atoms with E-state index in [1.807, 2.05) is 24.3 Å². The van der Waals surface area contributed by atoms with Crippen molar-refractivity contribution in [1.29, 1.82) is 0 Å². The van der Waals surface area contributed by atoms with Crippen LogP contribution in [-0.4, -0.2) is 21.3 Å². The molecule has 0 aliphatic rings. The quantitative estimate of drug-likeness (QED) is 0.603. The van der Waals surface area contributed by atoms with Crippen LogP contribution in [-0.2, 0) is 19.9 Å². The van der Waals surface area contributed by atoms with Crippen molar-refractivity contribution in [1.82, 2.24) is 14.8 Å². The molecule has 4 rings (SSSR count). The van der Waals surface area contributed by atoms with Crippen LogP contribution in [0.25, 0.3) is 21.9 Å². The van der Waals surface area contributed by atoms with Gasteiger partial charge in [-0.05, 0) is 48.2 Å². The maximum Gasteiger partial charge on any atom is 0.215 e. The van der Waals surface area contributed by atoms with Crippen LogP contribution >= 0.6 is 0 Å². The molecule has 5 heteroatoms. The number of nitrogens with two attached hydrogens (primary N) is 1. The van der Waals surface area contributed by atoms with Gasteiger partial charge in [0, 0.05) is 18.0 Å². The van der Waals surface area contributed by atoms with Crippen LogP contribution in [0.1, 0.15) is 16.7 Å². The van der Waals surface area contributed by atoms with Crippen molar-refractivity contribution >= 4 is 21.9 Å². The number of aryl methyl sites for hydroxylation is 1. The third-order valence-electron chi connectivity index (χ3n) is 4.68. The van der Waals surface area contributed by atoms with E-state index in [-0.39, 0.29) is 5.43 Å². The molecule has 5 nitrogen and oxygen atoms in total. The normalized spacial score (nSPS) is 11.4. The Labute approximate surface area is 145 Å². The van der Waals surface area contributed by atoms with Gasteiger partial charge >= 0.3 is 0 Å². The number of nitrogens with zero attached hydrogens (tertiary/aromatic N) is 2. The lowest BCUT2D eigenvalue weighted by Gasteiger charge is -2.09. The molecule has 3 N–H and O–H groups in total. The lowest BCUT2D eigenvalue weighted by atomic mass is 9.97. The van der Waals surface area contributed by atoms with Gasteiger partial charge in [0.1, 0.15) is 5.52 Å². The van der Waals surface area contributed by atoms with Crippen LogP contribution < -0.4 is 11.2 Å². The summed E-state index contributed by atoms with van der Waals surface area (Å²) < 4.78 is 1.62. The van der Waals surface area contributed by atoms with E-state index in [1.54, 1.807) is 17.9 Å². The zero-order valence-electron chi connectivity index (χ0n) is 14.1. The molecule has 0 radical (unpaired) electrons. The summed E-state index contributed by atoms with van der Waals surface area (Å²) in [6, 6.07) is 14.4. The topological polar surface area (TPSA) is 76.7 Å². The highest BCUT2D eigenvalue weighted by Gasteiger charge is 2.10. The summed E-state index contributed by atoms with van der Waals surface area (Å²) in [5.41, 5.74) is 11.6. The monoisotopic (exact) mass is 332 g/mol. The summed E-state index contributed by atoms with van der Waals surface area (Å²) in [6.07, 6.45) is 3.34. The Morgan fingerprint density at radius 1 is 1.12 bits per heavy atom. The maximum absolute atomic E-state index is 12.8. The number of rotatable bonds is 4. The van der Waals surface area contributed by atoms with Gasteiger partial charge in [-0.3, -0.25) is 9.48 Å². The summed E-state index contributed by atoms with van der Waals surface area (Å²) in [5.74, 6) is 0. The minimum atomic E-state index is 0.0147. The van der Waals surface area contributed by atoms with Crippen LogP contribution in [0.2, 0.25) is 0 Å². The van der Waals surface area contributed by atoms with E-state index in [0.29, 0.717) is 17.4 Å². The van der Waals surface area contributed by atoms with Crippen molar-refractivity contribution in [2.45, 2.75) is 12.8 Å². The number of aromatic nitrogens is 3. The van der Waals surface area contributed by atoms with Crippen molar-refractivity contribution < 1.29 is 0 Å². The van der Waals surface area contributed by atoms with E-state index in [2.05, 4.69) is 28.3 Å². The summed E-state index contributed by atoms with van der Waals surface area (Å²) in [6.45, 7) is 0.632. The SMILES string of the molecule is Cn1ncc2[nH]c3ccc(Cc4ccccc4CCN)cc3c(=O)c21. The molecule has 2 aromatic heterocycles. The zero-order valence-corrected chi connectivity index (χ0v) is 14.1. The number of hydrogen-bond donors (Lipinski definition) is 2. The molecule has 0 saturated heterocycles. The first kappa shape index (κ1) is 15.6. The highest BCUT2D eigenvalue weighted by Crippen LogP contribution is 2.19. The van der Waals surface area contributed by atoms with Gasteiger partial charge in [-0.1, -0.05) is 30.3 Å². The van der Waals surface area contributed by atoms with Gasteiger partial charge in [0.2, 0.25) is 5.43 Å². The standard InChI is InChI=1S/C20H20N4O/c1-24-19-18(12-22-24)23-17-7-6-13(11-16(17)20(19)25)10-15-5-3-2-4-14(15)8-9-21/h2-7,11-12H,8-10,21H2,1H3,(H,23,25). The average Bonchev–Trinajstić information content (AvgIpc) is 2.99. The summed E-state index contributed by atoms with van der Waals surface area (Å²) in [5, 5.41) is 4.87. The first-order valence-corrected chi connectivity index (χ1v) is 8.41. The Bertz CT molecular complexity index is 1120. The van der Waals surface area contributed by atoms with Crippen molar-refractivity contribution in [2.75, 3.05) is 6.54 Å². The van der Waals surface area contributed by atoms with E-state index in [9.17, 15) is 4.79 Å². The number of benzene rings is 2. The van der Waals surface area contributed by atoms with Crippen LogP contribution in [0.3, 0.4) is 0 Å². The second kappa shape index (κ2) is 6.18. The van der Waals surface area contributed by atoms with Crippen LogP contribution in [0.4, 0.5) is 0 Å². The van der Waals surface area contributed by atoms with Crippen molar-refractivity contribution in [3.8, 4) is 0 Å². The number of nitrogens with one attached hydrogen (secondary N) is 1. The Kier molecular flexibility index (Phi) is 3.86. The third-order valence-corrected chi connectivity index (χ3v) is 4.68. The van der Waals surface area contributed by atoms with Crippen molar-refractivity contribution in [3.63, 3.8) is 0 Å². The van der Waals surface area contributed by atoms with Gasteiger partial charge in [-0.2, -0.15) is 5.10 Å². The lowest BCUT2D eigenvalue weighted by Crippen LogP contribution is -2.09. The molecule has 0 aliphatic carbocycles. The Hall–Kier alpha value is -2.92. The van der Waals surface area contributed by atoms with E-state index in [4.69, 9.17) is 5.73 Å². The number of pyridine rings is 1. The Morgan fingerprint density at radius 3 is 2.72 bits per heavy atom. The lowest BCUT2D eigenvalue weighted by molar-refractivity contribution is 0.795. The number of aromatic amines is 1. The maximum atomic E-state index is 12.8. The van der Waals surface area contributed by atoms with Gasteiger partial charge in [-0.25, -0.2) is 0 Å². The summed E-state index contributed by atoms with van der Waals surface area (Å²) in [4.78, 5) is 16.1. The fraction of sp³-hybridized carbons (Fsp3) is 0.200. The second-order valence-electron chi connectivity index (χ2n) is 6.35. The number of H-pyrrole nitrogens is 1. The Morgan fingerprint density at radius 2 is 1.92 bits per heavy atom. The Balaban J connectivity index is 1.81. The van der Waals surface area contributed by atoms with E-state index < -0.39 is 0 Å². The molecule has 0 aliphatic heterocycles. The molecule has 0 saturated carbocycles. The second-order valence-corrected chi connectivity index (χ2v) is 6.35. The third kappa shape index (κ3) is 2.72. The fourth-order valence-electron chi connectivity index (χ4n) is 3.42. The van der Waals surface area contributed by atoms with Crippen molar-refractivity contribution in [3.05, 3.63) is 75.6 Å². The molecular weight excluding hydrogens is 312 g/mol. The van der Waals surface area contributed by atoms with Gasteiger partial charge < -0.3 is 10.7 Å². The van der Waals surface area contributed by atoms with E-state index >= 15 is 0 Å². The molecular formula is C20H20N4O. The predicted molar refractivity (Wildman–Crippen MR) is 101 cm³/mol. The van der Waals surface area contributed by atoms with Crippen LogP contribution in [0.15, 0.2) is 53.5 Å². The molecule has 2 heterocycles. The molecule has 0 spiro atoms. The van der Waals surface area contributed by atoms with Crippen LogP contribution in [0.5, 0.6) is 0 Å². The summed E-state index contributed by atoms with van der Waals surface area (Å²) in [7, 11) is 1.79. The zero-order chi connectivity index (χ0) is 17.4. The number of fused-ring (bicyclic) bond motifs is 2. The molecule has 4 aromatic rings. The minimum absolute atomic E-state index is 0.0147. The van der Waals surface area contributed by atoms with Crippen molar-refractivity contribution in [2.24, 2.45) is 12.8 Å². The largest absolute Gasteiger partial charge is 0.352 e. The summed E-state index contributed by atoms with van der Waals surface area (Å²) >= 11 is 0. The molecule has 25 heavy (non-hydrogen) atoms.